The summed E-state index contributed by atoms with van der Waals surface area (Å²) in [7, 11) is 3.32. The maximum atomic E-state index is 12.4. The zero-order valence-corrected chi connectivity index (χ0v) is 15.7. The van der Waals surface area contributed by atoms with E-state index in [-0.39, 0.29) is 11.5 Å². The summed E-state index contributed by atoms with van der Waals surface area (Å²) >= 11 is 0. The Morgan fingerprint density at radius 1 is 1.36 bits per heavy atom. The van der Waals surface area contributed by atoms with Crippen molar-refractivity contribution in [3.8, 4) is 5.75 Å². The molecule has 28 heavy (non-hydrogen) atoms. The van der Waals surface area contributed by atoms with Gasteiger partial charge in [0.2, 0.25) is 0 Å². The van der Waals surface area contributed by atoms with Crippen molar-refractivity contribution in [1.82, 2.24) is 19.6 Å². The van der Waals surface area contributed by atoms with Gasteiger partial charge in [0.25, 0.3) is 0 Å². The molecule has 3 rings (SSSR count). The molecule has 2 aromatic heterocycles. The average molecular weight is 381 g/mol. The zero-order chi connectivity index (χ0) is 20.3. The molecule has 0 fully saturated rings. The summed E-state index contributed by atoms with van der Waals surface area (Å²) in [6.45, 7) is 2.09. The lowest BCUT2D eigenvalue weighted by Crippen LogP contribution is -2.02. The SMILES string of the molecule is COc1ccc(/C=C/C(=O)c2cn(C)nc2C)cc1Cn1cc([N+](=O)[O-])cn1. The molecule has 0 radical (unpaired) electrons. The highest BCUT2D eigenvalue weighted by atomic mass is 16.6. The monoisotopic (exact) mass is 381 g/mol. The number of rotatable bonds is 7. The van der Waals surface area contributed by atoms with Crippen molar-refractivity contribution < 1.29 is 14.5 Å². The Balaban J connectivity index is 1.82. The van der Waals surface area contributed by atoms with Gasteiger partial charge in [0.05, 0.1) is 29.8 Å². The van der Waals surface area contributed by atoms with Crippen LogP contribution in [-0.2, 0) is 13.6 Å². The first kappa shape index (κ1) is 19.0. The molecule has 1 aromatic carbocycles. The number of hydrogen-bond donors (Lipinski definition) is 0. The number of ketones is 1. The summed E-state index contributed by atoms with van der Waals surface area (Å²) < 4.78 is 8.43. The van der Waals surface area contributed by atoms with Gasteiger partial charge in [-0.3, -0.25) is 24.3 Å². The third kappa shape index (κ3) is 4.14. The fourth-order valence-corrected chi connectivity index (χ4v) is 2.84. The first-order chi connectivity index (χ1) is 13.4. The summed E-state index contributed by atoms with van der Waals surface area (Å²) in [4.78, 5) is 22.7. The minimum Gasteiger partial charge on any atom is -0.496 e. The highest BCUT2D eigenvalue weighted by molar-refractivity contribution is 6.07. The Morgan fingerprint density at radius 2 is 2.14 bits per heavy atom. The van der Waals surface area contributed by atoms with Gasteiger partial charge >= 0.3 is 5.69 Å². The molecule has 0 N–H and O–H groups in total. The normalized spacial score (nSPS) is 11.1. The minimum absolute atomic E-state index is 0.0764. The second kappa shape index (κ2) is 7.87. The number of methoxy groups -OCH3 is 1. The van der Waals surface area contributed by atoms with Crippen LogP contribution in [0.5, 0.6) is 5.75 Å². The first-order valence-electron chi connectivity index (χ1n) is 8.44. The van der Waals surface area contributed by atoms with Gasteiger partial charge in [-0.05, 0) is 30.7 Å². The van der Waals surface area contributed by atoms with Gasteiger partial charge in [0.15, 0.2) is 5.78 Å². The Kier molecular flexibility index (Phi) is 5.35. The summed E-state index contributed by atoms with van der Waals surface area (Å²) in [5, 5.41) is 19.0. The minimum atomic E-state index is -0.494. The van der Waals surface area contributed by atoms with E-state index in [0.717, 1.165) is 11.1 Å². The first-order valence-corrected chi connectivity index (χ1v) is 8.44. The van der Waals surface area contributed by atoms with Gasteiger partial charge in [-0.1, -0.05) is 12.1 Å². The third-order valence-corrected chi connectivity index (χ3v) is 4.17. The van der Waals surface area contributed by atoms with E-state index in [4.69, 9.17) is 4.74 Å². The molecule has 0 aliphatic rings. The molecule has 0 spiro atoms. The van der Waals surface area contributed by atoms with E-state index >= 15 is 0 Å². The second-order valence-corrected chi connectivity index (χ2v) is 6.22. The van der Waals surface area contributed by atoms with Crippen molar-refractivity contribution in [2.24, 2.45) is 7.05 Å². The van der Waals surface area contributed by atoms with Crippen molar-refractivity contribution in [1.29, 1.82) is 0 Å². The quantitative estimate of drug-likeness (QED) is 0.270. The van der Waals surface area contributed by atoms with E-state index in [1.165, 1.54) is 23.2 Å². The van der Waals surface area contributed by atoms with E-state index in [1.54, 1.807) is 44.1 Å². The standard InChI is InChI=1S/C19H19N5O4/c1-13-17(12-22(2)21-13)18(25)6-4-14-5-7-19(28-3)15(8-14)10-23-11-16(9-20-23)24(26)27/h4-9,11-12H,10H2,1-3H3/b6-4+. The number of carbonyl (C=O) groups excluding carboxylic acids is 1. The number of nitro groups is 1. The molecule has 0 unspecified atom stereocenters. The number of aromatic nitrogens is 4. The zero-order valence-electron chi connectivity index (χ0n) is 15.7. The number of allylic oxidation sites excluding steroid dienone is 1. The van der Waals surface area contributed by atoms with Crippen LogP contribution < -0.4 is 4.74 Å². The lowest BCUT2D eigenvalue weighted by atomic mass is 10.1. The van der Waals surface area contributed by atoms with Crippen LogP contribution in [0.15, 0.2) is 42.9 Å². The van der Waals surface area contributed by atoms with Crippen LogP contribution in [0.1, 0.15) is 27.2 Å². The molecule has 0 aliphatic heterocycles. The molecule has 0 saturated heterocycles. The number of benzene rings is 1. The lowest BCUT2D eigenvalue weighted by molar-refractivity contribution is -0.385. The van der Waals surface area contributed by atoms with E-state index in [2.05, 4.69) is 10.2 Å². The van der Waals surface area contributed by atoms with Crippen molar-refractivity contribution in [3.63, 3.8) is 0 Å². The van der Waals surface area contributed by atoms with Gasteiger partial charge in [-0.25, -0.2) is 0 Å². The Bertz CT molecular complexity index is 1060. The lowest BCUT2D eigenvalue weighted by Gasteiger charge is -2.09. The van der Waals surface area contributed by atoms with Gasteiger partial charge in [0.1, 0.15) is 18.1 Å². The molecule has 144 valence electrons. The van der Waals surface area contributed by atoms with Crippen molar-refractivity contribution >= 4 is 17.5 Å². The highest BCUT2D eigenvalue weighted by Crippen LogP contribution is 2.22. The maximum Gasteiger partial charge on any atom is 0.307 e. The number of hydrogen-bond acceptors (Lipinski definition) is 6. The van der Waals surface area contributed by atoms with Gasteiger partial charge in [-0.15, -0.1) is 0 Å². The van der Waals surface area contributed by atoms with Crippen LogP contribution in [-0.4, -0.2) is 37.4 Å². The van der Waals surface area contributed by atoms with Crippen molar-refractivity contribution in [3.05, 3.63) is 75.4 Å². The van der Waals surface area contributed by atoms with Crippen LogP contribution in [0, 0.1) is 17.0 Å². The summed E-state index contributed by atoms with van der Waals surface area (Å²) in [6, 6.07) is 5.46. The fraction of sp³-hybridized carbons (Fsp3) is 0.211. The van der Waals surface area contributed by atoms with Crippen molar-refractivity contribution in [2.45, 2.75) is 13.5 Å². The molecular weight excluding hydrogens is 362 g/mol. The number of ether oxygens (including phenoxy) is 1. The Labute approximate surface area is 161 Å². The molecule has 9 heteroatoms. The predicted octanol–water partition coefficient (Wildman–Crippen LogP) is 2.79. The molecule has 9 nitrogen and oxygen atoms in total. The molecule has 0 saturated carbocycles. The van der Waals surface area contributed by atoms with Crippen LogP contribution in [0.3, 0.4) is 0 Å². The number of carbonyl (C=O) groups is 1. The molecule has 0 amide bonds. The van der Waals surface area contributed by atoms with Crippen LogP contribution in [0.25, 0.3) is 6.08 Å². The predicted molar refractivity (Wildman–Crippen MR) is 102 cm³/mol. The van der Waals surface area contributed by atoms with Gasteiger partial charge < -0.3 is 4.74 Å². The van der Waals surface area contributed by atoms with Gasteiger partial charge in [0, 0.05) is 18.8 Å². The van der Waals surface area contributed by atoms with Crippen LogP contribution in [0.2, 0.25) is 0 Å². The van der Waals surface area contributed by atoms with Crippen molar-refractivity contribution in [2.75, 3.05) is 7.11 Å². The molecule has 0 bridgehead atoms. The molecule has 3 aromatic rings. The largest absolute Gasteiger partial charge is 0.496 e. The van der Waals surface area contributed by atoms with Crippen LogP contribution >= 0.6 is 0 Å². The summed E-state index contributed by atoms with van der Waals surface area (Å²) in [5.41, 5.74) is 2.73. The Morgan fingerprint density at radius 3 is 2.75 bits per heavy atom. The van der Waals surface area contributed by atoms with E-state index < -0.39 is 4.92 Å². The molecule has 0 atom stereocenters. The fourth-order valence-electron chi connectivity index (χ4n) is 2.84. The average Bonchev–Trinajstić information content (AvgIpc) is 3.26. The second-order valence-electron chi connectivity index (χ2n) is 6.22. The smallest absolute Gasteiger partial charge is 0.307 e. The van der Waals surface area contributed by atoms with Gasteiger partial charge in [-0.2, -0.15) is 10.2 Å². The Hall–Kier alpha value is -3.75. The topological polar surface area (TPSA) is 105 Å². The number of aryl methyl sites for hydroxylation is 2. The van der Waals surface area contributed by atoms with Crippen LogP contribution in [0.4, 0.5) is 5.69 Å². The molecule has 2 heterocycles. The van der Waals surface area contributed by atoms with E-state index in [1.807, 2.05) is 12.1 Å². The highest BCUT2D eigenvalue weighted by Gasteiger charge is 2.12. The summed E-state index contributed by atoms with van der Waals surface area (Å²) in [5.74, 6) is 0.496. The number of nitrogens with zero attached hydrogens (tertiary/aromatic N) is 5. The molecule has 0 aliphatic carbocycles. The van der Waals surface area contributed by atoms with E-state index in [9.17, 15) is 14.9 Å². The third-order valence-electron chi connectivity index (χ3n) is 4.17. The summed E-state index contributed by atoms with van der Waals surface area (Å²) in [6.07, 6.45) is 7.45. The molecular formula is C19H19N5O4. The van der Waals surface area contributed by atoms with E-state index in [0.29, 0.717) is 23.6 Å². The maximum absolute atomic E-state index is 12.4.